The van der Waals surface area contributed by atoms with Gasteiger partial charge in [0.15, 0.2) is 0 Å². The maximum Gasteiger partial charge on any atom is 0.120 e. The van der Waals surface area contributed by atoms with Gasteiger partial charge in [-0.2, -0.15) is 0 Å². The second-order valence-electron chi connectivity index (χ2n) is 5.82. The maximum absolute atomic E-state index is 5.79. The first kappa shape index (κ1) is 15.1. The van der Waals surface area contributed by atoms with Gasteiger partial charge in [0.1, 0.15) is 4.99 Å². The molecule has 0 spiro atoms. The molecule has 2 aromatic heterocycles. The van der Waals surface area contributed by atoms with Gasteiger partial charge in [-0.15, -0.1) is 11.3 Å². The molecule has 1 aliphatic carbocycles. The highest BCUT2D eigenvalue weighted by Crippen LogP contribution is 2.40. The molecule has 2 heterocycles. The number of para-hydroxylation sites is 1. The Morgan fingerprint density at radius 3 is 2.91 bits per heavy atom. The lowest BCUT2D eigenvalue weighted by molar-refractivity contribution is 0.850. The number of hydrogen-bond donors (Lipinski definition) is 2. The van der Waals surface area contributed by atoms with Crippen LogP contribution in [0.5, 0.6) is 0 Å². The van der Waals surface area contributed by atoms with Gasteiger partial charge in [-0.3, -0.25) is 0 Å². The Bertz CT molecular complexity index is 834. The second kappa shape index (κ2) is 6.19. The van der Waals surface area contributed by atoms with Gasteiger partial charge in [-0.05, 0) is 54.3 Å². The summed E-state index contributed by atoms with van der Waals surface area (Å²) in [6, 6.07) is 12.7. The van der Waals surface area contributed by atoms with Crippen molar-refractivity contribution in [3.63, 3.8) is 0 Å². The Kier molecular flexibility index (Phi) is 4.05. The first-order chi connectivity index (χ1) is 11.2. The van der Waals surface area contributed by atoms with Crippen LogP contribution in [0.2, 0.25) is 0 Å². The number of thiophene rings is 1. The molecule has 0 aliphatic heterocycles. The van der Waals surface area contributed by atoms with E-state index in [-0.39, 0.29) is 0 Å². The molecule has 0 radical (unpaired) electrons. The fraction of sp³-hybridized carbons (Fsp3) is 0.235. The van der Waals surface area contributed by atoms with Crippen LogP contribution >= 0.6 is 35.5 Å². The van der Waals surface area contributed by atoms with Crippen LogP contribution in [0.4, 0.5) is 5.69 Å². The summed E-state index contributed by atoms with van der Waals surface area (Å²) >= 11 is 8.71. The third-order valence-corrected chi connectivity index (χ3v) is 6.26. The standard InChI is InChI=1S/C17H17N3S3/c18-17(21)13-9-12-3-1-4-14(16(12)19-13)20(10-11-6-7-11)23-15-5-2-8-22-15/h1-5,8-9,11,19H,6-7,10H2,(H2,18,21). The lowest BCUT2D eigenvalue weighted by Crippen LogP contribution is -2.17. The van der Waals surface area contributed by atoms with Crippen LogP contribution in [0.25, 0.3) is 10.9 Å². The summed E-state index contributed by atoms with van der Waals surface area (Å²) in [4.78, 5) is 3.81. The second-order valence-corrected chi connectivity index (χ2v) is 8.53. The quantitative estimate of drug-likeness (QED) is 0.491. The van der Waals surface area contributed by atoms with Crippen molar-refractivity contribution in [2.45, 2.75) is 17.1 Å². The summed E-state index contributed by atoms with van der Waals surface area (Å²) in [5.74, 6) is 0.808. The molecule has 0 atom stereocenters. The zero-order valence-corrected chi connectivity index (χ0v) is 14.9. The highest BCUT2D eigenvalue weighted by Gasteiger charge is 2.26. The van der Waals surface area contributed by atoms with Crippen molar-refractivity contribution in [2.75, 3.05) is 10.8 Å². The topological polar surface area (TPSA) is 45.0 Å². The average Bonchev–Trinajstić information content (AvgIpc) is 3.02. The van der Waals surface area contributed by atoms with Gasteiger partial charge in [0.2, 0.25) is 0 Å². The van der Waals surface area contributed by atoms with Gasteiger partial charge in [-0.1, -0.05) is 30.4 Å². The molecule has 1 aliphatic rings. The number of H-pyrrole nitrogens is 1. The predicted octanol–water partition coefficient (Wildman–Crippen LogP) is 4.79. The lowest BCUT2D eigenvalue weighted by atomic mass is 10.2. The van der Waals surface area contributed by atoms with E-state index in [9.17, 15) is 0 Å². The zero-order valence-electron chi connectivity index (χ0n) is 12.5. The molecule has 1 fully saturated rings. The predicted molar refractivity (Wildman–Crippen MR) is 104 cm³/mol. The SMILES string of the molecule is NC(=S)c1cc2cccc(N(CC3CC3)Sc3cccs3)c2[nH]1. The van der Waals surface area contributed by atoms with E-state index in [1.54, 1.807) is 11.3 Å². The third kappa shape index (κ3) is 3.24. The number of hydrogen-bond acceptors (Lipinski definition) is 4. The van der Waals surface area contributed by atoms with E-state index < -0.39 is 0 Å². The summed E-state index contributed by atoms with van der Waals surface area (Å²) in [5.41, 5.74) is 8.93. The van der Waals surface area contributed by atoms with Crippen LogP contribution in [0.3, 0.4) is 0 Å². The van der Waals surface area contributed by atoms with Gasteiger partial charge < -0.3 is 15.0 Å². The summed E-state index contributed by atoms with van der Waals surface area (Å²) in [6.45, 7) is 1.07. The van der Waals surface area contributed by atoms with Crippen LogP contribution in [0, 0.1) is 5.92 Å². The van der Waals surface area contributed by atoms with E-state index in [1.165, 1.54) is 22.7 Å². The molecule has 1 aromatic carbocycles. The Morgan fingerprint density at radius 2 is 2.22 bits per heavy atom. The molecule has 23 heavy (non-hydrogen) atoms. The maximum atomic E-state index is 5.79. The smallest absolute Gasteiger partial charge is 0.120 e. The van der Waals surface area contributed by atoms with Gasteiger partial charge in [0.25, 0.3) is 0 Å². The number of nitrogens with zero attached hydrogens (tertiary/aromatic N) is 1. The summed E-state index contributed by atoms with van der Waals surface area (Å²) in [5, 5.41) is 3.27. The van der Waals surface area contributed by atoms with Crippen molar-refractivity contribution in [3.05, 3.63) is 47.5 Å². The summed E-state index contributed by atoms with van der Waals surface area (Å²) in [6.07, 6.45) is 2.67. The number of fused-ring (bicyclic) bond motifs is 1. The number of thiocarbonyl (C=S) groups is 1. The minimum absolute atomic E-state index is 0.409. The van der Waals surface area contributed by atoms with Crippen LogP contribution in [0.1, 0.15) is 18.5 Å². The summed E-state index contributed by atoms with van der Waals surface area (Å²) < 4.78 is 3.72. The molecule has 4 rings (SSSR count). The minimum Gasteiger partial charge on any atom is -0.388 e. The Labute approximate surface area is 149 Å². The van der Waals surface area contributed by atoms with Crippen molar-refractivity contribution in [1.29, 1.82) is 0 Å². The number of rotatable bonds is 6. The number of anilines is 1. The largest absolute Gasteiger partial charge is 0.388 e. The first-order valence-corrected chi connectivity index (χ1v) is 9.67. The van der Waals surface area contributed by atoms with Gasteiger partial charge in [0, 0.05) is 11.9 Å². The monoisotopic (exact) mass is 359 g/mol. The molecule has 118 valence electrons. The third-order valence-electron chi connectivity index (χ3n) is 3.98. The van der Waals surface area contributed by atoms with Crippen LogP contribution in [-0.2, 0) is 0 Å². The Morgan fingerprint density at radius 1 is 1.35 bits per heavy atom. The van der Waals surface area contributed by atoms with E-state index in [0.29, 0.717) is 4.99 Å². The zero-order chi connectivity index (χ0) is 15.8. The van der Waals surface area contributed by atoms with Crippen molar-refractivity contribution in [3.8, 4) is 0 Å². The number of benzene rings is 1. The van der Waals surface area contributed by atoms with Crippen molar-refractivity contribution >= 4 is 57.1 Å². The van der Waals surface area contributed by atoms with Gasteiger partial charge in [-0.25, -0.2) is 0 Å². The normalized spacial score (nSPS) is 14.3. The van der Waals surface area contributed by atoms with Crippen LogP contribution < -0.4 is 10.0 Å². The van der Waals surface area contributed by atoms with Gasteiger partial charge >= 0.3 is 0 Å². The Balaban J connectivity index is 1.74. The molecule has 0 saturated heterocycles. The van der Waals surface area contributed by atoms with Crippen LogP contribution in [0.15, 0.2) is 46.0 Å². The minimum atomic E-state index is 0.409. The van der Waals surface area contributed by atoms with E-state index in [4.69, 9.17) is 18.0 Å². The fourth-order valence-corrected chi connectivity index (χ4v) is 4.68. The van der Waals surface area contributed by atoms with E-state index in [0.717, 1.165) is 29.1 Å². The summed E-state index contributed by atoms with van der Waals surface area (Å²) in [7, 11) is 0. The fourth-order valence-electron chi connectivity index (χ4n) is 2.62. The van der Waals surface area contributed by atoms with E-state index >= 15 is 0 Å². The molecule has 0 unspecified atom stereocenters. The molecule has 1 saturated carbocycles. The van der Waals surface area contributed by atoms with Crippen molar-refractivity contribution in [1.82, 2.24) is 4.98 Å². The molecule has 0 bridgehead atoms. The lowest BCUT2D eigenvalue weighted by Gasteiger charge is -2.23. The van der Waals surface area contributed by atoms with Crippen molar-refractivity contribution < 1.29 is 0 Å². The highest BCUT2D eigenvalue weighted by molar-refractivity contribution is 8.02. The van der Waals surface area contributed by atoms with Crippen molar-refractivity contribution in [2.24, 2.45) is 11.7 Å². The molecule has 3 nitrogen and oxygen atoms in total. The van der Waals surface area contributed by atoms with E-state index in [2.05, 4.69) is 45.0 Å². The Hall–Kier alpha value is -1.50. The van der Waals surface area contributed by atoms with E-state index in [1.807, 2.05) is 18.0 Å². The number of nitrogens with one attached hydrogen (secondary N) is 1. The molecule has 0 amide bonds. The highest BCUT2D eigenvalue weighted by atomic mass is 32.2. The molecular weight excluding hydrogens is 342 g/mol. The molecule has 3 aromatic rings. The molecule has 3 N–H and O–H groups in total. The molecule has 6 heteroatoms. The number of aromatic nitrogens is 1. The van der Waals surface area contributed by atoms with Crippen LogP contribution in [-0.4, -0.2) is 16.5 Å². The number of nitrogens with two attached hydrogens (primary N) is 1. The number of aromatic amines is 1. The average molecular weight is 360 g/mol. The molecular formula is C17H17N3S3. The van der Waals surface area contributed by atoms with Gasteiger partial charge in [0.05, 0.1) is 21.1 Å². The first-order valence-electron chi connectivity index (χ1n) is 7.61.